The first kappa shape index (κ1) is 12.4. The Bertz CT molecular complexity index is 524. The highest BCUT2D eigenvalue weighted by Gasteiger charge is 2.24. The number of rotatable bonds is 3. The van der Waals surface area contributed by atoms with Crippen LogP contribution < -0.4 is 0 Å². The van der Waals surface area contributed by atoms with Crippen LogP contribution in [0.5, 0.6) is 0 Å². The predicted molar refractivity (Wildman–Crippen MR) is 72.2 cm³/mol. The highest BCUT2D eigenvalue weighted by molar-refractivity contribution is 5.30. The van der Waals surface area contributed by atoms with Crippen LogP contribution in [0, 0.1) is 5.92 Å². The molecule has 0 saturated carbocycles. The Labute approximate surface area is 112 Å². The molecule has 1 aliphatic heterocycles. The lowest BCUT2D eigenvalue weighted by Gasteiger charge is -2.26. The molecule has 19 heavy (non-hydrogen) atoms. The molecule has 2 atom stereocenters. The zero-order valence-corrected chi connectivity index (χ0v) is 10.8. The van der Waals surface area contributed by atoms with Crippen molar-refractivity contribution in [3.63, 3.8) is 0 Å². The Balaban J connectivity index is 1.71. The van der Waals surface area contributed by atoms with E-state index in [1.807, 2.05) is 47.3 Å². The van der Waals surface area contributed by atoms with Crippen molar-refractivity contribution in [2.75, 3.05) is 13.2 Å². The Hall–Kier alpha value is -1.65. The van der Waals surface area contributed by atoms with E-state index >= 15 is 0 Å². The van der Waals surface area contributed by atoms with Gasteiger partial charge in [-0.15, -0.1) is 0 Å². The fourth-order valence-electron chi connectivity index (χ4n) is 2.44. The van der Waals surface area contributed by atoms with Crippen LogP contribution in [0.2, 0.25) is 0 Å². The van der Waals surface area contributed by atoms with Crippen molar-refractivity contribution in [1.82, 2.24) is 9.78 Å². The Kier molecular flexibility index (Phi) is 3.62. The molecule has 1 fully saturated rings. The lowest BCUT2D eigenvalue weighted by atomic mass is 9.94. The van der Waals surface area contributed by atoms with Crippen molar-refractivity contribution in [3.05, 3.63) is 48.3 Å². The van der Waals surface area contributed by atoms with Crippen LogP contribution in [0.4, 0.5) is 0 Å². The fourth-order valence-corrected chi connectivity index (χ4v) is 2.44. The molecule has 2 heterocycles. The average Bonchev–Trinajstić information content (AvgIpc) is 2.91. The SMILES string of the molecule is OC1CCOCC1Cc1ccn(-c2ccccc2)n1. The smallest absolute Gasteiger partial charge is 0.0645 e. The normalized spacial score (nSPS) is 23.4. The van der Waals surface area contributed by atoms with E-state index in [0.29, 0.717) is 13.2 Å². The van der Waals surface area contributed by atoms with Gasteiger partial charge in [0.15, 0.2) is 0 Å². The van der Waals surface area contributed by atoms with Gasteiger partial charge in [0, 0.05) is 18.7 Å². The predicted octanol–water partition coefficient (Wildman–Crippen LogP) is 1.81. The third-order valence-electron chi connectivity index (χ3n) is 3.57. The van der Waals surface area contributed by atoms with E-state index < -0.39 is 0 Å². The molecule has 0 spiro atoms. The maximum Gasteiger partial charge on any atom is 0.0645 e. The molecule has 0 amide bonds. The second kappa shape index (κ2) is 5.55. The van der Waals surface area contributed by atoms with Crippen molar-refractivity contribution >= 4 is 0 Å². The number of hydrogen-bond donors (Lipinski definition) is 1. The van der Waals surface area contributed by atoms with E-state index in [4.69, 9.17) is 4.74 Å². The number of ether oxygens (including phenoxy) is 1. The van der Waals surface area contributed by atoms with Crippen molar-refractivity contribution in [3.8, 4) is 5.69 Å². The zero-order chi connectivity index (χ0) is 13.1. The van der Waals surface area contributed by atoms with Crippen molar-refractivity contribution < 1.29 is 9.84 Å². The largest absolute Gasteiger partial charge is 0.393 e. The van der Waals surface area contributed by atoms with Crippen molar-refractivity contribution in [1.29, 1.82) is 0 Å². The molecule has 1 aromatic heterocycles. The minimum absolute atomic E-state index is 0.160. The second-order valence-electron chi connectivity index (χ2n) is 4.98. The minimum Gasteiger partial charge on any atom is -0.393 e. The summed E-state index contributed by atoms with van der Waals surface area (Å²) in [5, 5.41) is 14.5. The second-order valence-corrected chi connectivity index (χ2v) is 4.98. The lowest BCUT2D eigenvalue weighted by Crippen LogP contribution is -2.33. The van der Waals surface area contributed by atoms with E-state index in [2.05, 4.69) is 5.10 Å². The molecule has 2 aromatic rings. The number of nitrogens with zero attached hydrogens (tertiary/aromatic N) is 2. The maximum absolute atomic E-state index is 9.94. The topological polar surface area (TPSA) is 47.3 Å². The van der Waals surface area contributed by atoms with E-state index in [1.165, 1.54) is 0 Å². The van der Waals surface area contributed by atoms with E-state index in [1.54, 1.807) is 0 Å². The number of aliphatic hydroxyl groups excluding tert-OH is 1. The Morgan fingerprint density at radius 2 is 2.11 bits per heavy atom. The summed E-state index contributed by atoms with van der Waals surface area (Å²) >= 11 is 0. The van der Waals surface area contributed by atoms with Crippen LogP contribution >= 0.6 is 0 Å². The van der Waals surface area contributed by atoms with E-state index in [9.17, 15) is 5.11 Å². The van der Waals surface area contributed by atoms with Crippen LogP contribution in [0.25, 0.3) is 5.69 Å². The first-order valence-electron chi connectivity index (χ1n) is 6.69. The molecule has 0 aliphatic carbocycles. The van der Waals surface area contributed by atoms with Gasteiger partial charge in [0.1, 0.15) is 0 Å². The molecule has 0 bridgehead atoms. The summed E-state index contributed by atoms with van der Waals surface area (Å²) in [6.07, 6.45) is 3.18. The summed E-state index contributed by atoms with van der Waals surface area (Å²) in [4.78, 5) is 0. The minimum atomic E-state index is -0.268. The molecular formula is C15H18N2O2. The van der Waals surface area contributed by atoms with Crippen molar-refractivity contribution in [2.45, 2.75) is 18.9 Å². The van der Waals surface area contributed by atoms with Gasteiger partial charge in [-0.05, 0) is 31.0 Å². The number of aromatic nitrogens is 2. The summed E-state index contributed by atoms with van der Waals surface area (Å²) in [6, 6.07) is 12.0. The van der Waals surface area contributed by atoms with Crippen LogP contribution in [0.15, 0.2) is 42.6 Å². The van der Waals surface area contributed by atoms with Gasteiger partial charge in [-0.3, -0.25) is 0 Å². The number of benzene rings is 1. The van der Waals surface area contributed by atoms with Gasteiger partial charge in [0.2, 0.25) is 0 Å². The van der Waals surface area contributed by atoms with E-state index in [0.717, 1.165) is 24.2 Å². The molecule has 4 heteroatoms. The zero-order valence-electron chi connectivity index (χ0n) is 10.8. The molecular weight excluding hydrogens is 240 g/mol. The van der Waals surface area contributed by atoms with Gasteiger partial charge >= 0.3 is 0 Å². The highest BCUT2D eigenvalue weighted by atomic mass is 16.5. The van der Waals surface area contributed by atoms with E-state index in [-0.39, 0.29) is 12.0 Å². The van der Waals surface area contributed by atoms with Gasteiger partial charge in [0.25, 0.3) is 0 Å². The molecule has 3 rings (SSSR count). The summed E-state index contributed by atoms with van der Waals surface area (Å²) < 4.78 is 7.29. The molecule has 4 nitrogen and oxygen atoms in total. The number of aliphatic hydroxyl groups is 1. The Morgan fingerprint density at radius 3 is 2.89 bits per heavy atom. The number of para-hydroxylation sites is 1. The van der Waals surface area contributed by atoms with Crippen LogP contribution in [-0.2, 0) is 11.2 Å². The van der Waals surface area contributed by atoms with Gasteiger partial charge in [-0.25, -0.2) is 4.68 Å². The third kappa shape index (κ3) is 2.85. The Morgan fingerprint density at radius 1 is 1.26 bits per heavy atom. The van der Waals surface area contributed by atoms with Crippen LogP contribution in [0.3, 0.4) is 0 Å². The lowest BCUT2D eigenvalue weighted by molar-refractivity contribution is -0.0353. The number of hydrogen-bond acceptors (Lipinski definition) is 3. The third-order valence-corrected chi connectivity index (χ3v) is 3.57. The fraction of sp³-hybridized carbons (Fsp3) is 0.400. The summed E-state index contributed by atoms with van der Waals surface area (Å²) in [7, 11) is 0. The molecule has 1 aliphatic rings. The van der Waals surface area contributed by atoms with Gasteiger partial charge in [-0.2, -0.15) is 5.10 Å². The first-order valence-corrected chi connectivity index (χ1v) is 6.69. The van der Waals surface area contributed by atoms with Gasteiger partial charge in [-0.1, -0.05) is 18.2 Å². The molecule has 1 saturated heterocycles. The maximum atomic E-state index is 9.94. The summed E-state index contributed by atoms with van der Waals surface area (Å²) in [5.74, 6) is 0.160. The molecule has 0 radical (unpaired) electrons. The first-order chi connectivity index (χ1) is 9.33. The molecule has 2 unspecified atom stereocenters. The molecule has 1 aromatic carbocycles. The van der Waals surface area contributed by atoms with Gasteiger partial charge in [0.05, 0.1) is 24.1 Å². The molecule has 1 N–H and O–H groups in total. The van der Waals surface area contributed by atoms with Crippen LogP contribution in [0.1, 0.15) is 12.1 Å². The quantitative estimate of drug-likeness (QED) is 0.913. The van der Waals surface area contributed by atoms with Crippen LogP contribution in [-0.4, -0.2) is 34.2 Å². The average molecular weight is 258 g/mol. The van der Waals surface area contributed by atoms with Gasteiger partial charge < -0.3 is 9.84 Å². The summed E-state index contributed by atoms with van der Waals surface area (Å²) in [6.45, 7) is 1.29. The standard InChI is InChI=1S/C15H18N2O2/c18-15-7-9-19-11-12(15)10-13-6-8-17(16-13)14-4-2-1-3-5-14/h1-6,8,12,15,18H,7,9-11H2. The summed E-state index contributed by atoms with van der Waals surface area (Å²) in [5.41, 5.74) is 2.05. The molecule has 100 valence electrons. The highest BCUT2D eigenvalue weighted by Crippen LogP contribution is 2.19. The van der Waals surface area contributed by atoms with Crippen molar-refractivity contribution in [2.24, 2.45) is 5.92 Å². The monoisotopic (exact) mass is 258 g/mol.